The molecular weight excluding hydrogens is 168 g/mol. The predicted octanol–water partition coefficient (Wildman–Crippen LogP) is -0.128. The van der Waals surface area contributed by atoms with Gasteiger partial charge in [-0.3, -0.25) is 4.79 Å². The summed E-state index contributed by atoms with van der Waals surface area (Å²) in [5.74, 6) is 0.0487. The predicted molar refractivity (Wildman–Crippen MR) is 52.4 cm³/mol. The summed E-state index contributed by atoms with van der Waals surface area (Å²) in [6.45, 7) is 6.45. The summed E-state index contributed by atoms with van der Waals surface area (Å²) in [7, 11) is 0. The third kappa shape index (κ3) is 7.74. The molecule has 1 amide bonds. The van der Waals surface area contributed by atoms with Crippen molar-refractivity contribution in [2.24, 2.45) is 0 Å². The molecule has 0 aliphatic carbocycles. The van der Waals surface area contributed by atoms with Gasteiger partial charge in [0.15, 0.2) is 0 Å². The lowest BCUT2D eigenvalue weighted by atomic mass is 10.3. The van der Waals surface area contributed by atoms with Crippen LogP contribution >= 0.6 is 0 Å². The van der Waals surface area contributed by atoms with E-state index in [1.54, 1.807) is 0 Å². The second kappa shape index (κ2) is 6.86. The molecule has 0 saturated heterocycles. The highest BCUT2D eigenvalue weighted by atomic mass is 16.3. The number of aliphatic hydroxyl groups excluding tert-OH is 1. The quantitative estimate of drug-likeness (QED) is 0.544. The molecule has 0 aliphatic heterocycles. The van der Waals surface area contributed by atoms with Gasteiger partial charge in [-0.2, -0.15) is 0 Å². The van der Waals surface area contributed by atoms with Crippen LogP contribution in [0.5, 0.6) is 0 Å². The molecule has 0 bridgehead atoms. The Morgan fingerprint density at radius 3 is 2.46 bits per heavy atom. The van der Waals surface area contributed by atoms with Crippen molar-refractivity contribution in [3.8, 4) is 0 Å². The van der Waals surface area contributed by atoms with Gasteiger partial charge in [0.2, 0.25) is 5.91 Å². The largest absolute Gasteiger partial charge is 0.395 e. The van der Waals surface area contributed by atoms with Gasteiger partial charge in [-0.05, 0) is 20.8 Å². The van der Waals surface area contributed by atoms with Crippen molar-refractivity contribution < 1.29 is 9.90 Å². The van der Waals surface area contributed by atoms with Crippen molar-refractivity contribution in [1.82, 2.24) is 10.6 Å². The van der Waals surface area contributed by atoms with Crippen LogP contribution in [-0.2, 0) is 4.79 Å². The van der Waals surface area contributed by atoms with Gasteiger partial charge in [-0.15, -0.1) is 0 Å². The fourth-order valence-electron chi connectivity index (χ4n) is 0.891. The molecule has 0 rings (SSSR count). The summed E-state index contributed by atoms with van der Waals surface area (Å²) < 4.78 is 0. The van der Waals surface area contributed by atoms with Gasteiger partial charge in [0.05, 0.1) is 6.61 Å². The molecule has 0 heterocycles. The SMILES string of the molecule is CC(C)NC(=O)CCNC(C)CO. The van der Waals surface area contributed by atoms with E-state index in [1.165, 1.54) is 0 Å². The number of hydrogen-bond donors (Lipinski definition) is 3. The van der Waals surface area contributed by atoms with Crippen LogP contribution in [0.4, 0.5) is 0 Å². The summed E-state index contributed by atoms with van der Waals surface area (Å²) >= 11 is 0. The zero-order valence-electron chi connectivity index (χ0n) is 8.63. The van der Waals surface area contributed by atoms with Crippen molar-refractivity contribution >= 4 is 5.91 Å². The van der Waals surface area contributed by atoms with Crippen molar-refractivity contribution in [3.63, 3.8) is 0 Å². The van der Waals surface area contributed by atoms with E-state index in [4.69, 9.17) is 5.11 Å². The molecule has 0 aromatic heterocycles. The number of nitrogens with one attached hydrogen (secondary N) is 2. The minimum Gasteiger partial charge on any atom is -0.395 e. The minimum absolute atomic E-state index is 0.0487. The zero-order valence-corrected chi connectivity index (χ0v) is 8.63. The van der Waals surface area contributed by atoms with Crippen LogP contribution in [0, 0.1) is 0 Å². The van der Waals surface area contributed by atoms with Crippen LogP contribution in [-0.4, -0.2) is 36.2 Å². The first-order chi connectivity index (χ1) is 6.06. The minimum atomic E-state index is 0.0487. The number of carbonyl (C=O) groups excluding carboxylic acids is 1. The standard InChI is InChI=1S/C9H20N2O2/c1-7(2)11-9(13)4-5-10-8(3)6-12/h7-8,10,12H,4-6H2,1-3H3,(H,11,13). The molecule has 0 aromatic rings. The first kappa shape index (κ1) is 12.4. The Kier molecular flexibility index (Phi) is 6.54. The van der Waals surface area contributed by atoms with Gasteiger partial charge in [0, 0.05) is 25.0 Å². The highest BCUT2D eigenvalue weighted by molar-refractivity contribution is 5.76. The maximum absolute atomic E-state index is 11.1. The molecular formula is C9H20N2O2. The summed E-state index contributed by atoms with van der Waals surface area (Å²) in [6.07, 6.45) is 0.461. The summed E-state index contributed by atoms with van der Waals surface area (Å²) in [5.41, 5.74) is 0. The summed E-state index contributed by atoms with van der Waals surface area (Å²) in [6, 6.07) is 0.259. The van der Waals surface area contributed by atoms with Crippen LogP contribution in [0.2, 0.25) is 0 Å². The maximum atomic E-state index is 11.1. The van der Waals surface area contributed by atoms with Crippen LogP contribution < -0.4 is 10.6 Å². The van der Waals surface area contributed by atoms with Crippen molar-refractivity contribution in [1.29, 1.82) is 0 Å². The Morgan fingerprint density at radius 2 is 2.00 bits per heavy atom. The number of carbonyl (C=O) groups is 1. The Morgan fingerprint density at radius 1 is 1.38 bits per heavy atom. The van der Waals surface area contributed by atoms with Crippen LogP contribution in [0.15, 0.2) is 0 Å². The smallest absolute Gasteiger partial charge is 0.221 e. The third-order valence-electron chi connectivity index (χ3n) is 1.57. The van der Waals surface area contributed by atoms with Gasteiger partial charge < -0.3 is 15.7 Å². The lowest BCUT2D eigenvalue weighted by Crippen LogP contribution is -2.35. The van der Waals surface area contributed by atoms with Gasteiger partial charge in [-0.1, -0.05) is 0 Å². The van der Waals surface area contributed by atoms with Crippen LogP contribution in [0.25, 0.3) is 0 Å². The monoisotopic (exact) mass is 188 g/mol. The molecule has 0 aromatic carbocycles. The Balaban J connectivity index is 3.37. The molecule has 1 atom stereocenters. The first-order valence-electron chi connectivity index (χ1n) is 4.70. The lowest BCUT2D eigenvalue weighted by molar-refractivity contribution is -0.121. The second-order valence-electron chi connectivity index (χ2n) is 3.51. The highest BCUT2D eigenvalue weighted by Gasteiger charge is 2.03. The molecule has 4 heteroatoms. The molecule has 0 spiro atoms. The number of amides is 1. The molecule has 13 heavy (non-hydrogen) atoms. The fourth-order valence-corrected chi connectivity index (χ4v) is 0.891. The van der Waals surface area contributed by atoms with E-state index in [0.29, 0.717) is 13.0 Å². The average molecular weight is 188 g/mol. The van der Waals surface area contributed by atoms with Crippen LogP contribution in [0.1, 0.15) is 27.2 Å². The third-order valence-corrected chi connectivity index (χ3v) is 1.57. The summed E-state index contributed by atoms with van der Waals surface area (Å²) in [4.78, 5) is 11.1. The number of rotatable bonds is 6. The first-order valence-corrected chi connectivity index (χ1v) is 4.70. The van der Waals surface area contributed by atoms with Gasteiger partial charge in [-0.25, -0.2) is 0 Å². The average Bonchev–Trinajstić information content (AvgIpc) is 2.02. The van der Waals surface area contributed by atoms with Crippen molar-refractivity contribution in [2.45, 2.75) is 39.3 Å². The van der Waals surface area contributed by atoms with E-state index in [9.17, 15) is 4.79 Å². The zero-order chi connectivity index (χ0) is 10.3. The number of hydrogen-bond acceptors (Lipinski definition) is 3. The maximum Gasteiger partial charge on any atom is 0.221 e. The molecule has 0 saturated carbocycles. The van der Waals surface area contributed by atoms with E-state index >= 15 is 0 Å². The highest BCUT2D eigenvalue weighted by Crippen LogP contribution is 1.84. The van der Waals surface area contributed by atoms with E-state index in [1.807, 2.05) is 20.8 Å². The van der Waals surface area contributed by atoms with Crippen molar-refractivity contribution in [3.05, 3.63) is 0 Å². The Labute approximate surface area is 79.7 Å². The molecule has 1 unspecified atom stereocenters. The van der Waals surface area contributed by atoms with E-state index < -0.39 is 0 Å². The van der Waals surface area contributed by atoms with Gasteiger partial charge in [0.25, 0.3) is 0 Å². The van der Waals surface area contributed by atoms with Gasteiger partial charge >= 0.3 is 0 Å². The molecule has 0 aliphatic rings. The normalized spacial score (nSPS) is 13.0. The molecule has 78 valence electrons. The Hall–Kier alpha value is -0.610. The second-order valence-corrected chi connectivity index (χ2v) is 3.51. The number of aliphatic hydroxyl groups is 1. The van der Waals surface area contributed by atoms with Gasteiger partial charge in [0.1, 0.15) is 0 Å². The van der Waals surface area contributed by atoms with E-state index in [0.717, 1.165) is 0 Å². The molecule has 0 radical (unpaired) electrons. The molecule has 3 N–H and O–H groups in total. The van der Waals surface area contributed by atoms with E-state index in [2.05, 4.69) is 10.6 Å². The fraction of sp³-hybridized carbons (Fsp3) is 0.889. The molecule has 0 fully saturated rings. The molecule has 4 nitrogen and oxygen atoms in total. The van der Waals surface area contributed by atoms with E-state index in [-0.39, 0.29) is 24.6 Å². The lowest BCUT2D eigenvalue weighted by Gasteiger charge is -2.11. The Bertz CT molecular complexity index is 149. The van der Waals surface area contributed by atoms with Crippen LogP contribution in [0.3, 0.4) is 0 Å². The topological polar surface area (TPSA) is 61.4 Å². The van der Waals surface area contributed by atoms with Crippen molar-refractivity contribution in [2.75, 3.05) is 13.2 Å². The summed E-state index contributed by atoms with van der Waals surface area (Å²) in [5, 5.41) is 14.5.